The zero-order chi connectivity index (χ0) is 34.7. The molecule has 0 bridgehead atoms. The normalized spacial score (nSPS) is 14.6. The van der Waals surface area contributed by atoms with Gasteiger partial charge in [-0.15, -0.1) is 11.8 Å². The number of alkyl halides is 3. The molecule has 1 aliphatic heterocycles. The van der Waals surface area contributed by atoms with Gasteiger partial charge in [0.1, 0.15) is 28.3 Å². The number of hydrogen-bond acceptors (Lipinski definition) is 10. The molecule has 3 heterocycles. The number of thiazole rings is 1. The van der Waals surface area contributed by atoms with E-state index >= 15 is 0 Å². The molecule has 5 rings (SSSR count). The van der Waals surface area contributed by atoms with Gasteiger partial charge in [0.25, 0.3) is 5.56 Å². The molecule has 2 aromatic heterocycles. The highest BCUT2D eigenvalue weighted by Gasteiger charge is 2.35. The molecule has 14 heteroatoms. The third-order valence-electron chi connectivity index (χ3n) is 7.50. The van der Waals surface area contributed by atoms with E-state index in [-0.39, 0.29) is 39.6 Å². The van der Waals surface area contributed by atoms with Gasteiger partial charge in [-0.05, 0) is 73.9 Å². The monoisotopic (exact) mass is 694 g/mol. The van der Waals surface area contributed by atoms with Gasteiger partial charge in [0.2, 0.25) is 0 Å². The first-order chi connectivity index (χ1) is 22.9. The van der Waals surface area contributed by atoms with Crippen LogP contribution >= 0.6 is 23.1 Å². The van der Waals surface area contributed by atoms with Crippen LogP contribution in [0, 0.1) is 18.3 Å². The van der Waals surface area contributed by atoms with Gasteiger partial charge in [-0.1, -0.05) is 29.5 Å². The van der Waals surface area contributed by atoms with Crippen molar-refractivity contribution in [2.45, 2.75) is 43.8 Å². The molecule has 9 nitrogen and oxygen atoms in total. The summed E-state index contributed by atoms with van der Waals surface area (Å²) in [6.45, 7) is 4.99. The minimum atomic E-state index is -4.67. The van der Waals surface area contributed by atoms with Crippen LogP contribution in [-0.2, 0) is 21.5 Å². The van der Waals surface area contributed by atoms with Gasteiger partial charge in [0.05, 0.1) is 48.2 Å². The number of halogens is 3. The van der Waals surface area contributed by atoms with E-state index in [0.29, 0.717) is 43.2 Å². The highest BCUT2D eigenvalue weighted by molar-refractivity contribution is 7.98. The van der Waals surface area contributed by atoms with Gasteiger partial charge in [-0.25, -0.2) is 14.8 Å². The maximum Gasteiger partial charge on any atom is 0.433 e. The summed E-state index contributed by atoms with van der Waals surface area (Å²) in [4.78, 5) is 35.9. The zero-order valence-electron chi connectivity index (χ0n) is 26.5. The van der Waals surface area contributed by atoms with Crippen molar-refractivity contribution < 1.29 is 32.2 Å². The standard InChI is InChI=1S/C34H29F3N4O5S2/c1-6-46-32(43)28-19(3)39-33-41(29(28)21-8-10-23(44-4)11-9-21)31(42)26(48-33)15-20-7-12-25(45-5)22(14-20)17-47-30-24(16-38)18(2)13-27(40-30)34(35,36)37/h7-15,29H,6,17H2,1-5H3/b26-15-. The minimum Gasteiger partial charge on any atom is -0.497 e. The highest BCUT2D eigenvalue weighted by Crippen LogP contribution is 2.35. The van der Waals surface area contributed by atoms with Gasteiger partial charge in [-0.2, -0.15) is 18.4 Å². The molecule has 0 aliphatic carbocycles. The Balaban J connectivity index is 1.57. The SMILES string of the molecule is CCOC(=O)C1=C(C)N=c2s/c(=C\c3ccc(OC)c(CSc4nc(C(F)(F)F)cc(C)c4C#N)c3)c(=O)n2C1c1ccc(OC)cc1. The molecule has 0 saturated heterocycles. The first kappa shape index (κ1) is 34.5. The second kappa shape index (κ2) is 14.1. The lowest BCUT2D eigenvalue weighted by atomic mass is 9.96. The predicted molar refractivity (Wildman–Crippen MR) is 175 cm³/mol. The second-order valence-electron chi connectivity index (χ2n) is 10.5. The van der Waals surface area contributed by atoms with E-state index in [9.17, 15) is 28.0 Å². The van der Waals surface area contributed by atoms with Gasteiger partial charge >= 0.3 is 12.1 Å². The van der Waals surface area contributed by atoms with Crippen molar-refractivity contribution in [1.29, 1.82) is 5.26 Å². The number of nitrogens with zero attached hydrogens (tertiary/aromatic N) is 4. The van der Waals surface area contributed by atoms with Crippen molar-refractivity contribution >= 4 is 35.1 Å². The van der Waals surface area contributed by atoms with Crippen LogP contribution in [-0.4, -0.2) is 36.3 Å². The molecule has 248 valence electrons. The third-order valence-corrected chi connectivity index (χ3v) is 9.51. The van der Waals surface area contributed by atoms with Crippen LogP contribution in [0.4, 0.5) is 13.2 Å². The van der Waals surface area contributed by atoms with Crippen LogP contribution in [0.5, 0.6) is 11.5 Å². The van der Waals surface area contributed by atoms with Gasteiger partial charge in [0, 0.05) is 11.3 Å². The maximum absolute atomic E-state index is 14.0. The number of pyridine rings is 1. The first-order valence-corrected chi connectivity index (χ1v) is 16.3. The summed E-state index contributed by atoms with van der Waals surface area (Å²) in [5, 5.41) is 9.57. The highest BCUT2D eigenvalue weighted by atomic mass is 32.2. The van der Waals surface area contributed by atoms with Crippen LogP contribution in [0.3, 0.4) is 0 Å². The Bertz CT molecular complexity index is 2150. The average molecular weight is 695 g/mol. The lowest BCUT2D eigenvalue weighted by Crippen LogP contribution is -2.39. The van der Waals surface area contributed by atoms with E-state index < -0.39 is 23.9 Å². The molecule has 0 fully saturated rings. The van der Waals surface area contributed by atoms with E-state index in [2.05, 4.69) is 9.98 Å². The van der Waals surface area contributed by atoms with Crippen LogP contribution in [0.25, 0.3) is 6.08 Å². The Morgan fingerprint density at radius 3 is 2.48 bits per heavy atom. The number of aryl methyl sites for hydroxylation is 1. The molecule has 48 heavy (non-hydrogen) atoms. The van der Waals surface area contributed by atoms with Crippen molar-refractivity contribution in [2.24, 2.45) is 4.99 Å². The first-order valence-electron chi connectivity index (χ1n) is 14.5. The molecular weight excluding hydrogens is 666 g/mol. The Kier molecular flexibility index (Phi) is 10.1. The Hall–Kier alpha value is -4.87. The topological polar surface area (TPSA) is 116 Å². The summed E-state index contributed by atoms with van der Waals surface area (Å²) < 4.78 is 58.4. The lowest BCUT2D eigenvalue weighted by molar-refractivity contribution is -0.141. The van der Waals surface area contributed by atoms with E-state index in [0.717, 1.165) is 29.2 Å². The quantitative estimate of drug-likeness (QED) is 0.162. The number of benzene rings is 2. The van der Waals surface area contributed by atoms with Crippen LogP contribution in [0.1, 0.15) is 53.4 Å². The number of methoxy groups -OCH3 is 2. The van der Waals surface area contributed by atoms with Crippen molar-refractivity contribution in [1.82, 2.24) is 9.55 Å². The molecule has 1 unspecified atom stereocenters. The van der Waals surface area contributed by atoms with Crippen molar-refractivity contribution in [3.63, 3.8) is 0 Å². The number of allylic oxidation sites excluding steroid dienone is 1. The molecule has 0 spiro atoms. The van der Waals surface area contributed by atoms with E-state index in [1.807, 2.05) is 6.07 Å². The number of fused-ring (bicyclic) bond motifs is 1. The molecule has 1 atom stereocenters. The average Bonchev–Trinajstić information content (AvgIpc) is 3.36. The Morgan fingerprint density at radius 2 is 1.85 bits per heavy atom. The second-order valence-corrected chi connectivity index (χ2v) is 12.5. The van der Waals surface area contributed by atoms with Crippen molar-refractivity contribution in [2.75, 3.05) is 20.8 Å². The molecule has 2 aromatic carbocycles. The molecule has 1 aliphatic rings. The summed E-state index contributed by atoms with van der Waals surface area (Å²) >= 11 is 2.14. The predicted octanol–water partition coefficient (Wildman–Crippen LogP) is 5.70. The Labute approximate surface area is 281 Å². The summed E-state index contributed by atoms with van der Waals surface area (Å²) in [6, 6.07) is 14.3. The number of ether oxygens (including phenoxy) is 3. The van der Waals surface area contributed by atoms with Gasteiger partial charge < -0.3 is 14.2 Å². The number of thioether (sulfide) groups is 1. The summed E-state index contributed by atoms with van der Waals surface area (Å²) in [5.74, 6) is 0.642. The van der Waals surface area contributed by atoms with Gasteiger partial charge in [-0.3, -0.25) is 9.36 Å². The number of nitriles is 1. The fourth-order valence-electron chi connectivity index (χ4n) is 5.22. The van der Waals surface area contributed by atoms with Gasteiger partial charge in [0.15, 0.2) is 4.80 Å². The zero-order valence-corrected chi connectivity index (χ0v) is 28.1. The van der Waals surface area contributed by atoms with E-state index in [1.54, 1.807) is 69.5 Å². The number of aromatic nitrogens is 2. The molecule has 4 aromatic rings. The number of esters is 1. The minimum absolute atomic E-state index is 0.0445. The van der Waals surface area contributed by atoms with Crippen LogP contribution in [0.2, 0.25) is 0 Å². The van der Waals surface area contributed by atoms with E-state index in [1.165, 1.54) is 18.6 Å². The summed E-state index contributed by atoms with van der Waals surface area (Å²) in [7, 11) is 3.01. The smallest absolute Gasteiger partial charge is 0.433 e. The summed E-state index contributed by atoms with van der Waals surface area (Å²) in [5.41, 5.74) is 1.37. The molecule has 0 saturated carbocycles. The van der Waals surface area contributed by atoms with E-state index in [4.69, 9.17) is 14.2 Å². The third kappa shape index (κ3) is 6.88. The maximum atomic E-state index is 14.0. The number of hydrogen-bond donors (Lipinski definition) is 0. The number of rotatable bonds is 9. The molecular formula is C34H29F3N4O5S2. The van der Waals surface area contributed by atoms with Crippen LogP contribution in [0.15, 0.2) is 74.6 Å². The fraction of sp³-hybridized carbons (Fsp3) is 0.265. The fourth-order valence-corrected chi connectivity index (χ4v) is 7.30. The molecule has 0 N–H and O–H groups in total. The molecule has 0 amide bonds. The number of carbonyl (C=O) groups is 1. The largest absolute Gasteiger partial charge is 0.497 e. The molecule has 0 radical (unpaired) electrons. The van der Waals surface area contributed by atoms with Crippen molar-refractivity contribution in [3.8, 4) is 17.6 Å². The number of carbonyl (C=O) groups excluding carboxylic acids is 1. The lowest BCUT2D eigenvalue weighted by Gasteiger charge is -2.24. The van der Waals surface area contributed by atoms with Crippen LogP contribution < -0.4 is 24.4 Å². The summed E-state index contributed by atoms with van der Waals surface area (Å²) in [6.07, 6.45) is -2.99. The Morgan fingerprint density at radius 1 is 1.12 bits per heavy atom. The van der Waals surface area contributed by atoms with Crippen molar-refractivity contribution in [3.05, 3.63) is 113 Å².